The maximum absolute atomic E-state index is 13.0. The predicted octanol–water partition coefficient (Wildman–Crippen LogP) is 1.48. The fraction of sp³-hybridized carbons (Fsp3) is 0.364. The topological polar surface area (TPSA) is 71.7 Å². The number of halogens is 1. The zero-order valence-corrected chi connectivity index (χ0v) is 9.96. The van der Waals surface area contributed by atoms with Gasteiger partial charge in [-0.05, 0) is 18.6 Å². The molecule has 0 aromatic heterocycles. The first-order valence-electron chi connectivity index (χ1n) is 5.33. The maximum atomic E-state index is 13.0. The third-order valence-electron chi connectivity index (χ3n) is 2.05. The number of hydrogen-bond acceptors (Lipinski definition) is 3. The van der Waals surface area contributed by atoms with Gasteiger partial charge < -0.3 is 10.1 Å². The Bertz CT molecular complexity index is 395. The molecule has 0 spiro atoms. The van der Waals surface area contributed by atoms with Crippen LogP contribution in [0.1, 0.15) is 13.3 Å². The van der Waals surface area contributed by atoms with E-state index in [0.717, 1.165) is 6.42 Å². The van der Waals surface area contributed by atoms with Crippen LogP contribution in [0.25, 0.3) is 0 Å². The minimum atomic E-state index is -0.361. The molecule has 1 aromatic rings. The minimum absolute atomic E-state index is 0.361. The van der Waals surface area contributed by atoms with Crippen molar-refractivity contribution in [2.75, 3.05) is 19.0 Å². The van der Waals surface area contributed by atoms with Crippen LogP contribution in [-0.4, -0.2) is 19.6 Å². The number of nitrogens with two attached hydrogens (primary N) is 1. The van der Waals surface area contributed by atoms with Gasteiger partial charge in [0.2, 0.25) is 5.96 Å². The summed E-state index contributed by atoms with van der Waals surface area (Å²) in [5, 5.41) is 2.93. The normalized spacial score (nSPS) is 11.2. The van der Waals surface area contributed by atoms with Crippen LogP contribution < -0.4 is 21.3 Å². The molecule has 0 radical (unpaired) electrons. The van der Waals surface area contributed by atoms with Gasteiger partial charge in [0.05, 0.1) is 12.8 Å². The van der Waals surface area contributed by atoms with Gasteiger partial charge in [-0.1, -0.05) is 6.92 Å². The van der Waals surface area contributed by atoms with Crippen molar-refractivity contribution < 1.29 is 9.13 Å². The molecule has 0 heterocycles. The highest BCUT2D eigenvalue weighted by molar-refractivity contribution is 5.94. The molecular weight excluding hydrogens is 223 g/mol. The molecule has 0 saturated heterocycles. The van der Waals surface area contributed by atoms with Gasteiger partial charge in [0.1, 0.15) is 11.6 Å². The first-order valence-corrected chi connectivity index (χ1v) is 5.33. The molecule has 0 amide bonds. The Labute approximate surface area is 99.8 Å². The quantitative estimate of drug-likeness (QED) is 0.322. The average molecular weight is 240 g/mol. The number of methoxy groups -OCH3 is 1. The zero-order valence-electron chi connectivity index (χ0n) is 9.96. The van der Waals surface area contributed by atoms with Crippen LogP contribution in [0.15, 0.2) is 23.2 Å². The summed E-state index contributed by atoms with van der Waals surface area (Å²) in [6.07, 6.45) is 0.910. The molecule has 0 aliphatic carbocycles. The van der Waals surface area contributed by atoms with E-state index in [1.807, 2.05) is 6.92 Å². The van der Waals surface area contributed by atoms with Crippen molar-refractivity contribution in [1.82, 2.24) is 5.43 Å². The van der Waals surface area contributed by atoms with Gasteiger partial charge in [0.15, 0.2) is 0 Å². The van der Waals surface area contributed by atoms with E-state index in [1.54, 1.807) is 6.07 Å². The Morgan fingerprint density at radius 3 is 2.88 bits per heavy atom. The van der Waals surface area contributed by atoms with E-state index in [4.69, 9.17) is 10.6 Å². The van der Waals surface area contributed by atoms with E-state index < -0.39 is 0 Å². The van der Waals surface area contributed by atoms with Crippen LogP contribution in [0.5, 0.6) is 5.75 Å². The van der Waals surface area contributed by atoms with Crippen LogP contribution in [0, 0.1) is 5.82 Å². The second kappa shape index (κ2) is 6.70. The van der Waals surface area contributed by atoms with Gasteiger partial charge >= 0.3 is 0 Å². The highest BCUT2D eigenvalue weighted by Crippen LogP contribution is 2.24. The molecule has 94 valence electrons. The summed E-state index contributed by atoms with van der Waals surface area (Å²) in [7, 11) is 1.47. The number of hydrazine groups is 1. The summed E-state index contributed by atoms with van der Waals surface area (Å²) in [6.45, 7) is 2.66. The first-order chi connectivity index (χ1) is 8.21. The van der Waals surface area contributed by atoms with Crippen molar-refractivity contribution in [1.29, 1.82) is 0 Å². The summed E-state index contributed by atoms with van der Waals surface area (Å²) >= 11 is 0. The van der Waals surface area contributed by atoms with Crippen LogP contribution in [0.4, 0.5) is 10.1 Å². The standard InChI is InChI=1S/C11H17FN4O/c1-3-6-14-11(16-13)15-9-5-4-8(12)7-10(9)17-2/h4-5,7H,3,6,13H2,1-2H3,(H2,14,15,16). The third-order valence-corrected chi connectivity index (χ3v) is 2.05. The Balaban J connectivity index is 2.85. The number of hydrogen-bond donors (Lipinski definition) is 3. The number of ether oxygens (including phenoxy) is 1. The fourth-order valence-electron chi connectivity index (χ4n) is 1.24. The van der Waals surface area contributed by atoms with Gasteiger partial charge in [-0.3, -0.25) is 10.4 Å². The summed E-state index contributed by atoms with van der Waals surface area (Å²) in [6, 6.07) is 4.18. The van der Waals surface area contributed by atoms with Crippen LogP contribution >= 0.6 is 0 Å². The SMILES string of the molecule is CCCN=C(NN)Nc1ccc(F)cc1OC. The second-order valence-electron chi connectivity index (χ2n) is 3.34. The van der Waals surface area contributed by atoms with E-state index in [1.165, 1.54) is 19.2 Å². The summed E-state index contributed by atoms with van der Waals surface area (Å²) in [5.41, 5.74) is 3.04. The Kier molecular flexibility index (Phi) is 5.22. The van der Waals surface area contributed by atoms with Crippen molar-refractivity contribution in [2.45, 2.75) is 13.3 Å². The van der Waals surface area contributed by atoms with Gasteiger partial charge in [-0.25, -0.2) is 10.2 Å². The molecule has 0 atom stereocenters. The van der Waals surface area contributed by atoms with E-state index in [2.05, 4.69) is 15.7 Å². The molecule has 0 unspecified atom stereocenters. The number of aliphatic imine (C=N–C) groups is 1. The maximum Gasteiger partial charge on any atom is 0.210 e. The number of nitrogens with zero attached hydrogens (tertiary/aromatic N) is 1. The summed E-state index contributed by atoms with van der Waals surface area (Å²) < 4.78 is 18.0. The molecule has 17 heavy (non-hydrogen) atoms. The van der Waals surface area contributed by atoms with Crippen molar-refractivity contribution in [3.8, 4) is 5.75 Å². The highest BCUT2D eigenvalue weighted by atomic mass is 19.1. The number of anilines is 1. The van der Waals surface area contributed by atoms with E-state index in [-0.39, 0.29) is 5.82 Å². The van der Waals surface area contributed by atoms with Crippen molar-refractivity contribution in [3.05, 3.63) is 24.0 Å². The van der Waals surface area contributed by atoms with Gasteiger partial charge in [0, 0.05) is 12.6 Å². The number of nitrogens with one attached hydrogen (secondary N) is 2. The van der Waals surface area contributed by atoms with Gasteiger partial charge in [0.25, 0.3) is 0 Å². The highest BCUT2D eigenvalue weighted by Gasteiger charge is 2.06. The molecule has 0 bridgehead atoms. The predicted molar refractivity (Wildman–Crippen MR) is 66.5 cm³/mol. The second-order valence-corrected chi connectivity index (χ2v) is 3.34. The Hall–Kier alpha value is -1.82. The molecule has 0 saturated carbocycles. The first kappa shape index (κ1) is 13.2. The van der Waals surface area contributed by atoms with Crippen LogP contribution in [0.3, 0.4) is 0 Å². The monoisotopic (exact) mass is 240 g/mol. The summed E-state index contributed by atoms with van der Waals surface area (Å²) in [4.78, 5) is 4.17. The molecule has 1 aromatic carbocycles. The number of rotatable bonds is 4. The Morgan fingerprint density at radius 1 is 1.53 bits per heavy atom. The van der Waals surface area contributed by atoms with E-state index in [0.29, 0.717) is 23.9 Å². The molecule has 1 rings (SSSR count). The van der Waals surface area contributed by atoms with Crippen molar-refractivity contribution in [2.24, 2.45) is 10.8 Å². The Morgan fingerprint density at radius 2 is 2.29 bits per heavy atom. The van der Waals surface area contributed by atoms with Crippen molar-refractivity contribution >= 4 is 11.6 Å². The smallest absolute Gasteiger partial charge is 0.210 e. The van der Waals surface area contributed by atoms with Crippen LogP contribution in [0.2, 0.25) is 0 Å². The van der Waals surface area contributed by atoms with Gasteiger partial charge in [-0.15, -0.1) is 0 Å². The zero-order chi connectivity index (χ0) is 12.7. The van der Waals surface area contributed by atoms with Crippen molar-refractivity contribution in [3.63, 3.8) is 0 Å². The van der Waals surface area contributed by atoms with Crippen LogP contribution in [-0.2, 0) is 0 Å². The van der Waals surface area contributed by atoms with E-state index in [9.17, 15) is 4.39 Å². The lowest BCUT2D eigenvalue weighted by Crippen LogP contribution is -2.36. The number of benzene rings is 1. The summed E-state index contributed by atoms with van der Waals surface area (Å²) in [5.74, 6) is 5.77. The lowest BCUT2D eigenvalue weighted by atomic mass is 10.3. The van der Waals surface area contributed by atoms with E-state index >= 15 is 0 Å². The molecular formula is C11H17FN4O. The molecule has 5 nitrogen and oxygen atoms in total. The largest absolute Gasteiger partial charge is 0.494 e. The molecule has 0 fully saturated rings. The molecule has 0 aliphatic rings. The third kappa shape index (κ3) is 3.92. The lowest BCUT2D eigenvalue weighted by Gasteiger charge is -2.12. The minimum Gasteiger partial charge on any atom is -0.494 e. The fourth-order valence-corrected chi connectivity index (χ4v) is 1.24. The molecule has 4 N–H and O–H groups in total. The number of guanidine groups is 1. The molecule has 6 heteroatoms. The molecule has 0 aliphatic heterocycles. The average Bonchev–Trinajstić information content (AvgIpc) is 2.35. The van der Waals surface area contributed by atoms with Gasteiger partial charge in [-0.2, -0.15) is 0 Å². The lowest BCUT2D eigenvalue weighted by molar-refractivity contribution is 0.413.